The SMILES string of the molecule is CN1CCN(c2cc(C(N)=O)c(C(=O)Nc3n[nH]c4c3CN(S(=O)(=O)c3cc(F)cc(F)c3)CC4(C)C)cc2N2CCCC(C(=O)O)C2)CC1. The lowest BCUT2D eigenvalue weighted by Gasteiger charge is -2.39. The molecule has 50 heavy (non-hydrogen) atoms. The van der Waals surface area contributed by atoms with Crippen molar-refractivity contribution in [1.29, 1.82) is 0 Å². The molecule has 2 amide bonds. The number of sulfonamides is 1. The number of carbonyl (C=O) groups excluding carboxylic acids is 2. The van der Waals surface area contributed by atoms with E-state index in [1.807, 2.05) is 11.9 Å². The number of piperazine rings is 1. The van der Waals surface area contributed by atoms with Gasteiger partial charge in [-0.3, -0.25) is 19.5 Å². The average molecular weight is 715 g/mol. The number of benzene rings is 2. The van der Waals surface area contributed by atoms with Gasteiger partial charge in [-0.15, -0.1) is 0 Å². The third kappa shape index (κ3) is 6.76. The van der Waals surface area contributed by atoms with E-state index in [0.717, 1.165) is 29.5 Å². The van der Waals surface area contributed by atoms with E-state index in [-0.39, 0.29) is 36.6 Å². The van der Waals surface area contributed by atoms with Crippen molar-refractivity contribution in [3.8, 4) is 0 Å². The maximum absolute atomic E-state index is 14.1. The first kappa shape index (κ1) is 35.2. The Morgan fingerprint density at radius 2 is 1.62 bits per heavy atom. The predicted molar refractivity (Wildman–Crippen MR) is 181 cm³/mol. The summed E-state index contributed by atoms with van der Waals surface area (Å²) in [4.78, 5) is 44.5. The molecule has 5 N–H and O–H groups in total. The van der Waals surface area contributed by atoms with Crippen LogP contribution >= 0.6 is 0 Å². The van der Waals surface area contributed by atoms with Crippen LogP contribution in [0, 0.1) is 17.6 Å². The van der Waals surface area contributed by atoms with Gasteiger partial charge in [0.15, 0.2) is 5.82 Å². The Kier molecular flexibility index (Phi) is 9.34. The first-order chi connectivity index (χ1) is 23.5. The molecule has 17 heteroatoms. The minimum atomic E-state index is -4.38. The molecular formula is C33H40F2N8O6S. The zero-order valence-electron chi connectivity index (χ0n) is 28.0. The number of hydrogen-bond acceptors (Lipinski definition) is 9. The van der Waals surface area contributed by atoms with Crippen molar-refractivity contribution in [2.45, 2.75) is 43.5 Å². The number of nitrogens with one attached hydrogen (secondary N) is 2. The number of H-pyrrole nitrogens is 1. The highest BCUT2D eigenvalue weighted by atomic mass is 32.2. The summed E-state index contributed by atoms with van der Waals surface area (Å²) in [6, 6.07) is 5.22. The molecule has 1 aromatic heterocycles. The van der Waals surface area contributed by atoms with Crippen LogP contribution in [0.15, 0.2) is 35.2 Å². The summed E-state index contributed by atoms with van der Waals surface area (Å²) in [5, 5.41) is 19.7. The molecule has 0 radical (unpaired) electrons. The first-order valence-electron chi connectivity index (χ1n) is 16.3. The van der Waals surface area contributed by atoms with Crippen molar-refractivity contribution in [3.63, 3.8) is 0 Å². The molecule has 4 heterocycles. The molecule has 268 valence electrons. The monoisotopic (exact) mass is 714 g/mol. The standard InChI is InChI=1S/C33H40F2N8O6S/c1-33(2)18-43(50(48,49)22-12-20(34)11-21(35)13-22)17-25-28(33)38-39-30(25)37-31(45)24-15-27(42-6-4-5-19(16-42)32(46)47)26(14-23(24)29(36)44)41-9-7-40(3)8-10-41/h11-15,19H,4-10,16-18H2,1-3H3,(H2,36,44)(H,46,47)(H2,37,38,39,45). The van der Waals surface area contributed by atoms with Crippen molar-refractivity contribution < 1.29 is 36.7 Å². The number of nitrogens with zero attached hydrogens (tertiary/aromatic N) is 5. The van der Waals surface area contributed by atoms with Gasteiger partial charge in [-0.05, 0) is 44.2 Å². The van der Waals surface area contributed by atoms with Crippen LogP contribution in [0.1, 0.15) is 58.7 Å². The highest BCUT2D eigenvalue weighted by Crippen LogP contribution is 2.39. The lowest BCUT2D eigenvalue weighted by atomic mass is 9.84. The normalized spacial score (nSPS) is 20.0. The van der Waals surface area contributed by atoms with E-state index in [2.05, 4.69) is 25.3 Å². The Morgan fingerprint density at radius 3 is 2.26 bits per heavy atom. The molecule has 1 atom stereocenters. The van der Waals surface area contributed by atoms with Crippen LogP contribution in [0.25, 0.3) is 0 Å². The van der Waals surface area contributed by atoms with Gasteiger partial charge in [0.2, 0.25) is 15.9 Å². The molecule has 0 bridgehead atoms. The van der Waals surface area contributed by atoms with Crippen molar-refractivity contribution in [2.75, 3.05) is 68.0 Å². The van der Waals surface area contributed by atoms with Crippen LogP contribution < -0.4 is 20.9 Å². The zero-order valence-corrected chi connectivity index (χ0v) is 28.8. The highest BCUT2D eigenvalue weighted by Gasteiger charge is 2.41. The van der Waals surface area contributed by atoms with E-state index < -0.39 is 55.7 Å². The number of amides is 2. The second kappa shape index (κ2) is 13.3. The number of primary amides is 1. The minimum Gasteiger partial charge on any atom is -0.481 e. The van der Waals surface area contributed by atoms with Crippen LogP contribution in [0.5, 0.6) is 0 Å². The quantitative estimate of drug-likeness (QED) is 0.270. The van der Waals surface area contributed by atoms with Crippen LogP contribution in [0.4, 0.5) is 26.0 Å². The Hall–Kier alpha value is -4.61. The second-order valence-corrected chi connectivity index (χ2v) is 15.7. The Morgan fingerprint density at radius 1 is 0.980 bits per heavy atom. The van der Waals surface area contributed by atoms with Crippen LogP contribution in [0.3, 0.4) is 0 Å². The number of aromatic amines is 1. The lowest BCUT2D eigenvalue weighted by molar-refractivity contribution is -0.141. The third-order valence-electron chi connectivity index (χ3n) is 9.74. The molecule has 2 aromatic carbocycles. The van der Waals surface area contributed by atoms with Gasteiger partial charge < -0.3 is 30.9 Å². The number of nitrogens with two attached hydrogens (primary N) is 1. The third-order valence-corrected chi connectivity index (χ3v) is 11.5. The summed E-state index contributed by atoms with van der Waals surface area (Å²) >= 11 is 0. The van der Waals surface area contributed by atoms with Gasteiger partial charge in [-0.2, -0.15) is 9.40 Å². The van der Waals surface area contributed by atoms with E-state index >= 15 is 0 Å². The highest BCUT2D eigenvalue weighted by molar-refractivity contribution is 7.89. The summed E-state index contributed by atoms with van der Waals surface area (Å²) in [5.74, 6) is -5.18. The summed E-state index contributed by atoms with van der Waals surface area (Å²) in [6.45, 7) is 6.76. The molecule has 3 aliphatic heterocycles. The molecule has 3 aromatic rings. The van der Waals surface area contributed by atoms with E-state index in [9.17, 15) is 36.7 Å². The second-order valence-electron chi connectivity index (χ2n) is 13.8. The Labute approximate surface area is 288 Å². The van der Waals surface area contributed by atoms with Crippen molar-refractivity contribution >= 4 is 45.0 Å². The molecular weight excluding hydrogens is 674 g/mol. The number of aromatic nitrogens is 2. The Bertz CT molecular complexity index is 1940. The molecule has 2 fully saturated rings. The van der Waals surface area contributed by atoms with Crippen LogP contribution in [-0.4, -0.2) is 104 Å². The topological polar surface area (TPSA) is 185 Å². The van der Waals surface area contributed by atoms with Gasteiger partial charge in [0.1, 0.15) is 11.6 Å². The largest absolute Gasteiger partial charge is 0.481 e. The molecule has 6 rings (SSSR count). The van der Waals surface area contributed by atoms with E-state index in [4.69, 9.17) is 5.73 Å². The molecule has 0 spiro atoms. The van der Waals surface area contributed by atoms with E-state index in [1.165, 1.54) is 0 Å². The number of carboxylic acid groups (broad SMARTS) is 1. The van der Waals surface area contributed by atoms with Gasteiger partial charge in [-0.25, -0.2) is 17.2 Å². The molecule has 0 saturated carbocycles. The fourth-order valence-electron chi connectivity index (χ4n) is 7.03. The minimum absolute atomic E-state index is 0.00688. The maximum Gasteiger partial charge on any atom is 0.308 e. The van der Waals surface area contributed by atoms with Crippen molar-refractivity contribution in [1.82, 2.24) is 19.4 Å². The zero-order chi connectivity index (χ0) is 36.1. The van der Waals surface area contributed by atoms with E-state index in [1.54, 1.807) is 26.0 Å². The van der Waals surface area contributed by atoms with Gasteiger partial charge in [0.25, 0.3) is 5.91 Å². The number of anilines is 3. The number of halogens is 2. The fraction of sp³-hybridized carbons (Fsp3) is 0.455. The molecule has 1 unspecified atom stereocenters. The van der Waals surface area contributed by atoms with Gasteiger partial charge in [0.05, 0.1) is 33.3 Å². The van der Waals surface area contributed by atoms with E-state index in [0.29, 0.717) is 61.2 Å². The summed E-state index contributed by atoms with van der Waals surface area (Å²) < 4.78 is 56.3. The number of rotatable bonds is 8. The van der Waals surface area contributed by atoms with Gasteiger partial charge in [-0.1, -0.05) is 13.8 Å². The summed E-state index contributed by atoms with van der Waals surface area (Å²) in [7, 11) is -2.37. The number of carbonyl (C=O) groups is 3. The maximum atomic E-state index is 14.1. The molecule has 0 aliphatic carbocycles. The smallest absolute Gasteiger partial charge is 0.308 e. The summed E-state index contributed by atoms with van der Waals surface area (Å²) in [5.41, 5.74) is 7.04. The molecule has 3 aliphatic rings. The van der Waals surface area contributed by atoms with Gasteiger partial charge >= 0.3 is 5.97 Å². The van der Waals surface area contributed by atoms with Crippen LogP contribution in [-0.2, 0) is 26.8 Å². The lowest BCUT2D eigenvalue weighted by Crippen LogP contribution is -2.46. The molecule has 2 saturated heterocycles. The fourth-order valence-corrected chi connectivity index (χ4v) is 8.64. The number of aliphatic carboxylic acids is 1. The number of piperidine rings is 1. The predicted octanol–water partition coefficient (Wildman–Crippen LogP) is 2.57. The average Bonchev–Trinajstić information content (AvgIpc) is 3.47. The van der Waals surface area contributed by atoms with Gasteiger partial charge in [0, 0.05) is 75.1 Å². The van der Waals surface area contributed by atoms with Crippen LogP contribution in [0.2, 0.25) is 0 Å². The Balaban J connectivity index is 1.37. The molecule has 14 nitrogen and oxygen atoms in total. The summed E-state index contributed by atoms with van der Waals surface area (Å²) in [6.07, 6.45) is 1.14. The van der Waals surface area contributed by atoms with Crippen molar-refractivity contribution in [3.05, 3.63) is 64.4 Å². The van der Waals surface area contributed by atoms with Crippen molar-refractivity contribution in [2.24, 2.45) is 11.7 Å². The number of carboxylic acids is 1. The number of hydrogen-bond donors (Lipinski definition) is 4. The number of likely N-dealkylation sites (N-methyl/N-ethyl adjacent to an activating group) is 1. The first-order valence-corrected chi connectivity index (χ1v) is 17.7. The number of fused-ring (bicyclic) bond motifs is 1.